The van der Waals surface area contributed by atoms with Crippen LogP contribution in [0.5, 0.6) is 0 Å². The Labute approximate surface area is 97.2 Å². The highest BCUT2D eigenvalue weighted by Crippen LogP contribution is 2.40. The van der Waals surface area contributed by atoms with Gasteiger partial charge in [0.1, 0.15) is 0 Å². The molecule has 0 amide bonds. The van der Waals surface area contributed by atoms with Gasteiger partial charge in [-0.15, -0.1) is 0 Å². The van der Waals surface area contributed by atoms with Crippen LogP contribution in [0.2, 0.25) is 0 Å². The zero-order valence-corrected chi connectivity index (χ0v) is 9.24. The number of hydrogen-bond acceptors (Lipinski definition) is 2. The molecule has 0 saturated heterocycles. The van der Waals surface area contributed by atoms with E-state index in [2.05, 4.69) is 4.98 Å². The van der Waals surface area contributed by atoms with Crippen LogP contribution in [0.15, 0.2) is 18.2 Å². The fraction of sp³-hybridized carbons (Fsp3) is 0.417. The Morgan fingerprint density at radius 2 is 2.18 bits per heavy atom. The van der Waals surface area contributed by atoms with E-state index in [1.807, 2.05) is 12.1 Å². The maximum atomic E-state index is 12.9. The minimum Gasteiger partial charge on any atom is -0.326 e. The second-order valence-corrected chi connectivity index (χ2v) is 4.40. The number of fused-ring (bicyclic) bond motifs is 1. The highest BCUT2D eigenvalue weighted by atomic mass is 19.3. The summed E-state index contributed by atoms with van der Waals surface area (Å²) in [6.45, 7) is 0.399. The molecule has 1 heterocycles. The first-order valence-electron chi connectivity index (χ1n) is 5.69. The van der Waals surface area contributed by atoms with Gasteiger partial charge in [-0.3, -0.25) is 0 Å². The average Bonchev–Trinajstić information content (AvgIpc) is 3.08. The van der Waals surface area contributed by atoms with E-state index in [0.717, 1.165) is 23.9 Å². The minimum atomic E-state index is -2.52. The zero-order valence-electron chi connectivity index (χ0n) is 9.24. The Morgan fingerprint density at radius 1 is 1.41 bits per heavy atom. The summed E-state index contributed by atoms with van der Waals surface area (Å²) in [5, 5.41) is 0. The zero-order chi connectivity index (χ0) is 12.0. The van der Waals surface area contributed by atoms with Crippen LogP contribution in [0.3, 0.4) is 0 Å². The van der Waals surface area contributed by atoms with Crippen LogP contribution < -0.4 is 5.73 Å². The fourth-order valence-corrected chi connectivity index (χ4v) is 2.16. The molecule has 0 unspecified atom stereocenters. The number of halogens is 2. The molecule has 1 aromatic heterocycles. The summed E-state index contributed by atoms with van der Waals surface area (Å²) >= 11 is 0. The lowest BCUT2D eigenvalue weighted by molar-refractivity contribution is 0.136. The molecule has 0 bridgehead atoms. The second kappa shape index (κ2) is 3.77. The fourth-order valence-electron chi connectivity index (χ4n) is 2.16. The van der Waals surface area contributed by atoms with E-state index in [0.29, 0.717) is 12.1 Å². The lowest BCUT2D eigenvalue weighted by Crippen LogP contribution is -2.01. The van der Waals surface area contributed by atoms with Crippen molar-refractivity contribution < 1.29 is 8.78 Å². The lowest BCUT2D eigenvalue weighted by atomic mass is 10.2. The standard InChI is InChI=1S/C12H13F2N3/c13-11(14)12-16-9-5-7(6-15)1-4-10(9)17(12)8-2-3-8/h1,4-5,8,11H,2-3,6,15H2. The summed E-state index contributed by atoms with van der Waals surface area (Å²) in [5.41, 5.74) is 7.86. The van der Waals surface area contributed by atoms with E-state index in [1.165, 1.54) is 0 Å². The number of nitrogens with two attached hydrogens (primary N) is 1. The monoisotopic (exact) mass is 237 g/mol. The average molecular weight is 237 g/mol. The third-order valence-electron chi connectivity index (χ3n) is 3.12. The molecular weight excluding hydrogens is 224 g/mol. The molecule has 1 aliphatic carbocycles. The van der Waals surface area contributed by atoms with E-state index in [-0.39, 0.29) is 11.9 Å². The number of imidazole rings is 1. The normalized spacial score (nSPS) is 16.0. The van der Waals surface area contributed by atoms with Crippen LogP contribution in [0, 0.1) is 0 Å². The summed E-state index contributed by atoms with van der Waals surface area (Å²) in [6, 6.07) is 5.71. The Hall–Kier alpha value is -1.49. The molecule has 1 aromatic carbocycles. The van der Waals surface area contributed by atoms with Crippen molar-refractivity contribution >= 4 is 11.0 Å². The summed E-state index contributed by atoms with van der Waals surface area (Å²) in [6.07, 6.45) is -0.600. The molecule has 2 N–H and O–H groups in total. The second-order valence-electron chi connectivity index (χ2n) is 4.40. The number of hydrogen-bond donors (Lipinski definition) is 1. The van der Waals surface area contributed by atoms with Crippen molar-refractivity contribution in [1.29, 1.82) is 0 Å². The van der Waals surface area contributed by atoms with Gasteiger partial charge in [0.2, 0.25) is 0 Å². The van der Waals surface area contributed by atoms with E-state index < -0.39 is 6.43 Å². The van der Waals surface area contributed by atoms with Crippen molar-refractivity contribution in [3.63, 3.8) is 0 Å². The predicted octanol–water partition coefficient (Wildman–Crippen LogP) is 2.77. The number of rotatable bonds is 3. The van der Waals surface area contributed by atoms with Crippen LogP contribution in [-0.4, -0.2) is 9.55 Å². The quantitative estimate of drug-likeness (QED) is 0.892. The van der Waals surface area contributed by atoms with Gasteiger partial charge < -0.3 is 10.3 Å². The van der Waals surface area contributed by atoms with E-state index in [4.69, 9.17) is 5.73 Å². The number of aromatic nitrogens is 2. The molecule has 0 aliphatic heterocycles. The molecule has 1 aliphatic rings. The maximum Gasteiger partial charge on any atom is 0.295 e. The van der Waals surface area contributed by atoms with Crippen LogP contribution in [0.4, 0.5) is 8.78 Å². The lowest BCUT2D eigenvalue weighted by Gasteiger charge is -2.06. The molecule has 2 aromatic rings. The number of benzene rings is 1. The number of nitrogens with zero attached hydrogens (tertiary/aromatic N) is 2. The minimum absolute atomic E-state index is 0.114. The van der Waals surface area contributed by atoms with Gasteiger partial charge in [-0.1, -0.05) is 6.07 Å². The summed E-state index contributed by atoms with van der Waals surface area (Å²) in [7, 11) is 0. The van der Waals surface area contributed by atoms with Crippen molar-refractivity contribution in [1.82, 2.24) is 9.55 Å². The molecule has 3 nitrogen and oxygen atoms in total. The van der Waals surface area contributed by atoms with Gasteiger partial charge >= 0.3 is 0 Å². The molecule has 1 fully saturated rings. The highest BCUT2D eigenvalue weighted by Gasteiger charge is 2.31. The summed E-state index contributed by atoms with van der Waals surface area (Å²) in [4.78, 5) is 4.04. The van der Waals surface area contributed by atoms with Crippen LogP contribution >= 0.6 is 0 Å². The molecule has 1 saturated carbocycles. The molecule has 0 atom stereocenters. The van der Waals surface area contributed by atoms with Gasteiger partial charge in [0.25, 0.3) is 6.43 Å². The third kappa shape index (κ3) is 1.70. The molecule has 5 heteroatoms. The van der Waals surface area contributed by atoms with Crippen molar-refractivity contribution in [2.75, 3.05) is 0 Å². The highest BCUT2D eigenvalue weighted by molar-refractivity contribution is 5.77. The van der Waals surface area contributed by atoms with Crippen LogP contribution in [0.1, 0.15) is 36.7 Å². The van der Waals surface area contributed by atoms with Gasteiger partial charge in [-0.25, -0.2) is 13.8 Å². The van der Waals surface area contributed by atoms with E-state index in [1.54, 1.807) is 10.6 Å². The Kier molecular flexibility index (Phi) is 2.36. The molecule has 90 valence electrons. The van der Waals surface area contributed by atoms with Gasteiger partial charge in [-0.05, 0) is 30.5 Å². The maximum absolute atomic E-state index is 12.9. The van der Waals surface area contributed by atoms with Crippen LogP contribution in [0.25, 0.3) is 11.0 Å². The molecule has 0 radical (unpaired) electrons. The molecule has 0 spiro atoms. The molecular formula is C12H13F2N3. The van der Waals surface area contributed by atoms with Crippen molar-refractivity contribution in [3.05, 3.63) is 29.6 Å². The Balaban J connectivity index is 2.22. The van der Waals surface area contributed by atoms with Crippen molar-refractivity contribution in [2.45, 2.75) is 31.9 Å². The summed E-state index contributed by atoms with van der Waals surface area (Å²) < 4.78 is 27.5. The molecule has 3 rings (SSSR count). The first kappa shape index (κ1) is 10.7. The SMILES string of the molecule is NCc1ccc2c(c1)nc(C(F)F)n2C1CC1. The Bertz CT molecular complexity index is 558. The van der Waals surface area contributed by atoms with E-state index >= 15 is 0 Å². The number of alkyl halides is 2. The van der Waals surface area contributed by atoms with Crippen molar-refractivity contribution in [3.8, 4) is 0 Å². The first-order valence-corrected chi connectivity index (χ1v) is 5.69. The van der Waals surface area contributed by atoms with E-state index in [9.17, 15) is 8.78 Å². The topological polar surface area (TPSA) is 43.8 Å². The largest absolute Gasteiger partial charge is 0.326 e. The van der Waals surface area contributed by atoms with Gasteiger partial charge in [0, 0.05) is 12.6 Å². The van der Waals surface area contributed by atoms with Gasteiger partial charge in [-0.2, -0.15) is 0 Å². The third-order valence-corrected chi connectivity index (χ3v) is 3.12. The Morgan fingerprint density at radius 3 is 2.76 bits per heavy atom. The predicted molar refractivity (Wildman–Crippen MR) is 60.9 cm³/mol. The first-order chi connectivity index (χ1) is 8.20. The van der Waals surface area contributed by atoms with Gasteiger partial charge in [0.15, 0.2) is 5.82 Å². The smallest absolute Gasteiger partial charge is 0.295 e. The van der Waals surface area contributed by atoms with Crippen LogP contribution in [-0.2, 0) is 6.54 Å². The van der Waals surface area contributed by atoms with Crippen molar-refractivity contribution in [2.24, 2.45) is 5.73 Å². The van der Waals surface area contributed by atoms with Gasteiger partial charge in [0.05, 0.1) is 11.0 Å². The molecule has 17 heavy (non-hydrogen) atoms. The summed E-state index contributed by atoms with van der Waals surface area (Å²) in [5.74, 6) is -0.114.